The largest absolute Gasteiger partial charge is 0.416 e. The number of nitrogens with two attached hydrogens (primary N) is 1. The van der Waals surface area contributed by atoms with Crippen molar-refractivity contribution >= 4 is 22.9 Å². The first-order valence-corrected chi connectivity index (χ1v) is 7.05. The van der Waals surface area contributed by atoms with Gasteiger partial charge in [0.05, 0.1) is 11.7 Å². The van der Waals surface area contributed by atoms with E-state index in [1.54, 1.807) is 6.92 Å². The maximum Gasteiger partial charge on any atom is 0.416 e. The Morgan fingerprint density at radius 1 is 1.48 bits per heavy atom. The van der Waals surface area contributed by atoms with E-state index in [9.17, 15) is 18.3 Å². The standard InChI is InChI=1S/C14H17F3N2OS/c1-8(20)9-4-5-19(7-9)12-3-2-10(14(15,16)17)6-11(12)13(18)21/h2-3,6,8-9,20H,4-5,7H2,1H3,(H2,18,21). The number of hydrogen-bond donors (Lipinski definition) is 2. The van der Waals surface area contributed by atoms with Gasteiger partial charge in [-0.15, -0.1) is 0 Å². The molecule has 3 nitrogen and oxygen atoms in total. The second-order valence-corrected chi connectivity index (χ2v) is 5.77. The molecule has 2 unspecified atom stereocenters. The number of rotatable bonds is 3. The van der Waals surface area contributed by atoms with Gasteiger partial charge in [0, 0.05) is 30.3 Å². The fraction of sp³-hybridized carbons (Fsp3) is 0.500. The molecule has 2 atom stereocenters. The molecule has 1 aliphatic rings. The maximum absolute atomic E-state index is 12.8. The Bertz CT molecular complexity index is 546. The van der Waals surface area contributed by atoms with Crippen LogP contribution in [-0.2, 0) is 6.18 Å². The van der Waals surface area contributed by atoms with Crippen LogP contribution in [0.4, 0.5) is 18.9 Å². The highest BCUT2D eigenvalue weighted by molar-refractivity contribution is 7.80. The Hall–Kier alpha value is -1.34. The van der Waals surface area contributed by atoms with Crippen LogP contribution in [0.1, 0.15) is 24.5 Å². The van der Waals surface area contributed by atoms with Crippen molar-refractivity contribution in [1.82, 2.24) is 0 Å². The first-order valence-electron chi connectivity index (χ1n) is 6.64. The molecule has 1 fully saturated rings. The highest BCUT2D eigenvalue weighted by Crippen LogP contribution is 2.34. The molecule has 1 saturated heterocycles. The van der Waals surface area contributed by atoms with E-state index in [1.165, 1.54) is 6.07 Å². The second kappa shape index (κ2) is 5.81. The molecule has 0 saturated carbocycles. The topological polar surface area (TPSA) is 49.5 Å². The van der Waals surface area contributed by atoms with Crippen LogP contribution in [0.15, 0.2) is 18.2 Å². The van der Waals surface area contributed by atoms with Crippen LogP contribution in [0.2, 0.25) is 0 Å². The van der Waals surface area contributed by atoms with Crippen molar-refractivity contribution in [3.63, 3.8) is 0 Å². The Kier molecular flexibility index (Phi) is 4.43. The number of halogens is 3. The Balaban J connectivity index is 2.34. The molecular formula is C14H17F3N2OS. The lowest BCUT2D eigenvalue weighted by atomic mass is 10.0. The number of anilines is 1. The van der Waals surface area contributed by atoms with E-state index in [0.717, 1.165) is 18.6 Å². The van der Waals surface area contributed by atoms with Gasteiger partial charge in [-0.2, -0.15) is 13.2 Å². The van der Waals surface area contributed by atoms with Crippen LogP contribution in [0.5, 0.6) is 0 Å². The predicted octanol–water partition coefficient (Wildman–Crippen LogP) is 2.55. The summed E-state index contributed by atoms with van der Waals surface area (Å²) >= 11 is 4.88. The van der Waals surface area contributed by atoms with Crippen LogP contribution in [-0.4, -0.2) is 29.3 Å². The normalized spacial score (nSPS) is 20.6. The van der Waals surface area contributed by atoms with Gasteiger partial charge in [0.1, 0.15) is 4.99 Å². The van der Waals surface area contributed by atoms with E-state index in [4.69, 9.17) is 18.0 Å². The first kappa shape index (κ1) is 16.0. The molecule has 1 aromatic carbocycles. The van der Waals surface area contributed by atoms with Crippen LogP contribution >= 0.6 is 12.2 Å². The number of benzene rings is 1. The molecule has 0 bridgehead atoms. The number of nitrogens with zero attached hydrogens (tertiary/aromatic N) is 1. The van der Waals surface area contributed by atoms with Gasteiger partial charge in [-0.25, -0.2) is 0 Å². The average molecular weight is 318 g/mol. The van der Waals surface area contributed by atoms with Gasteiger partial charge in [-0.3, -0.25) is 0 Å². The molecule has 1 aromatic rings. The summed E-state index contributed by atoms with van der Waals surface area (Å²) in [5.41, 5.74) is 5.64. The SMILES string of the molecule is CC(O)C1CCN(c2ccc(C(F)(F)F)cc2C(N)=S)C1. The van der Waals surface area contributed by atoms with Crippen molar-refractivity contribution in [3.05, 3.63) is 29.3 Å². The molecular weight excluding hydrogens is 301 g/mol. The van der Waals surface area contributed by atoms with Gasteiger partial charge >= 0.3 is 6.18 Å². The van der Waals surface area contributed by atoms with E-state index in [-0.39, 0.29) is 16.5 Å². The average Bonchev–Trinajstić information content (AvgIpc) is 2.86. The Labute approximate surface area is 126 Å². The molecule has 2 rings (SSSR count). The van der Waals surface area contributed by atoms with Gasteiger partial charge in [0.2, 0.25) is 0 Å². The van der Waals surface area contributed by atoms with Gasteiger partial charge in [-0.05, 0) is 31.5 Å². The summed E-state index contributed by atoms with van der Waals surface area (Å²) in [4.78, 5) is 1.86. The molecule has 0 radical (unpaired) electrons. The second-order valence-electron chi connectivity index (χ2n) is 5.33. The molecule has 0 amide bonds. The minimum atomic E-state index is -4.43. The summed E-state index contributed by atoms with van der Waals surface area (Å²) in [6.45, 7) is 2.96. The summed E-state index contributed by atoms with van der Waals surface area (Å²) in [5.74, 6) is 0.103. The molecule has 0 aromatic heterocycles. The lowest BCUT2D eigenvalue weighted by Gasteiger charge is -2.23. The molecule has 1 aliphatic heterocycles. The third-order valence-electron chi connectivity index (χ3n) is 3.84. The van der Waals surface area contributed by atoms with Crippen molar-refractivity contribution in [3.8, 4) is 0 Å². The molecule has 1 heterocycles. The zero-order chi connectivity index (χ0) is 15.8. The minimum Gasteiger partial charge on any atom is -0.393 e. The number of alkyl halides is 3. The lowest BCUT2D eigenvalue weighted by molar-refractivity contribution is -0.137. The summed E-state index contributed by atoms with van der Waals surface area (Å²) in [6.07, 6.45) is -4.08. The fourth-order valence-electron chi connectivity index (χ4n) is 2.59. The third-order valence-corrected chi connectivity index (χ3v) is 4.06. The highest BCUT2D eigenvalue weighted by Gasteiger charge is 2.33. The van der Waals surface area contributed by atoms with E-state index in [1.807, 2.05) is 4.90 Å². The zero-order valence-electron chi connectivity index (χ0n) is 11.5. The van der Waals surface area contributed by atoms with Crippen LogP contribution < -0.4 is 10.6 Å². The van der Waals surface area contributed by atoms with Gasteiger partial charge in [0.15, 0.2) is 0 Å². The van der Waals surface area contributed by atoms with Crippen LogP contribution in [0.25, 0.3) is 0 Å². The van der Waals surface area contributed by atoms with Crippen LogP contribution in [0, 0.1) is 5.92 Å². The van der Waals surface area contributed by atoms with E-state index in [2.05, 4.69) is 0 Å². The maximum atomic E-state index is 12.8. The van der Waals surface area contributed by atoms with E-state index >= 15 is 0 Å². The van der Waals surface area contributed by atoms with E-state index < -0.39 is 17.8 Å². The lowest BCUT2D eigenvalue weighted by Crippen LogP contribution is -2.26. The molecule has 21 heavy (non-hydrogen) atoms. The quantitative estimate of drug-likeness (QED) is 0.841. The molecule has 0 aliphatic carbocycles. The summed E-state index contributed by atoms with van der Waals surface area (Å²) in [7, 11) is 0. The van der Waals surface area contributed by atoms with Crippen molar-refractivity contribution in [2.75, 3.05) is 18.0 Å². The summed E-state index contributed by atoms with van der Waals surface area (Å²) < 4.78 is 38.3. The van der Waals surface area contributed by atoms with Crippen molar-refractivity contribution in [2.45, 2.75) is 25.6 Å². The van der Waals surface area contributed by atoms with Gasteiger partial charge in [-0.1, -0.05) is 12.2 Å². The fourth-order valence-corrected chi connectivity index (χ4v) is 2.75. The van der Waals surface area contributed by atoms with Gasteiger partial charge < -0.3 is 15.7 Å². The number of aliphatic hydroxyl groups excluding tert-OH is 1. The van der Waals surface area contributed by atoms with Crippen LogP contribution in [0.3, 0.4) is 0 Å². The predicted molar refractivity (Wildman–Crippen MR) is 79.3 cm³/mol. The van der Waals surface area contributed by atoms with Gasteiger partial charge in [0.25, 0.3) is 0 Å². The summed E-state index contributed by atoms with van der Waals surface area (Å²) in [5, 5.41) is 9.62. The first-order chi connectivity index (χ1) is 9.70. The van der Waals surface area contributed by atoms with Crippen molar-refractivity contribution in [2.24, 2.45) is 11.7 Å². The molecule has 7 heteroatoms. The summed E-state index contributed by atoms with van der Waals surface area (Å²) in [6, 6.07) is 3.43. The van der Waals surface area contributed by atoms with Crippen molar-refractivity contribution in [1.29, 1.82) is 0 Å². The Morgan fingerprint density at radius 2 is 2.14 bits per heavy atom. The highest BCUT2D eigenvalue weighted by atomic mass is 32.1. The monoisotopic (exact) mass is 318 g/mol. The molecule has 116 valence electrons. The number of hydrogen-bond acceptors (Lipinski definition) is 3. The zero-order valence-corrected chi connectivity index (χ0v) is 12.3. The van der Waals surface area contributed by atoms with Crippen molar-refractivity contribution < 1.29 is 18.3 Å². The number of thiocarbonyl (C=S) groups is 1. The smallest absolute Gasteiger partial charge is 0.393 e. The number of aliphatic hydroxyl groups is 1. The Morgan fingerprint density at radius 3 is 2.62 bits per heavy atom. The molecule has 0 spiro atoms. The molecule has 3 N–H and O–H groups in total. The third kappa shape index (κ3) is 3.47. The van der Waals surface area contributed by atoms with E-state index in [0.29, 0.717) is 18.8 Å². The minimum absolute atomic E-state index is 0.0587.